The molecule has 0 aliphatic heterocycles. The molecule has 0 amide bonds. The molecule has 27 heavy (non-hydrogen) atoms. The molecule has 0 radical (unpaired) electrons. The summed E-state index contributed by atoms with van der Waals surface area (Å²) in [5, 5.41) is 16.0. The number of rotatable bonds is 5. The first-order chi connectivity index (χ1) is 13.2. The van der Waals surface area contributed by atoms with Crippen molar-refractivity contribution in [3.05, 3.63) is 89.1 Å². The van der Waals surface area contributed by atoms with Crippen LogP contribution in [0.3, 0.4) is 0 Å². The van der Waals surface area contributed by atoms with Crippen molar-refractivity contribution < 1.29 is 9.84 Å². The molecule has 3 aromatic carbocycles. The summed E-state index contributed by atoms with van der Waals surface area (Å²) < 4.78 is 6.40. The van der Waals surface area contributed by atoms with Crippen LogP contribution in [-0.4, -0.2) is 5.11 Å². The van der Waals surface area contributed by atoms with Crippen LogP contribution in [-0.2, 0) is 6.42 Å². The van der Waals surface area contributed by atoms with Crippen molar-refractivity contribution in [2.24, 2.45) is 0 Å². The Bertz CT molecular complexity index is 1090. The average molecular weight is 372 g/mol. The Labute approximate surface area is 163 Å². The van der Waals surface area contributed by atoms with Crippen LogP contribution in [0.4, 0.5) is 0 Å². The molecule has 0 fully saturated rings. The van der Waals surface area contributed by atoms with Gasteiger partial charge in [-0.05, 0) is 82.6 Å². The minimum atomic E-state index is 0.255. The van der Waals surface area contributed by atoms with E-state index >= 15 is 0 Å². The fourth-order valence-corrected chi connectivity index (χ4v) is 3.99. The van der Waals surface area contributed by atoms with Gasteiger partial charge in [0.05, 0.1) is 0 Å². The molecule has 134 valence electrons. The van der Waals surface area contributed by atoms with E-state index in [-0.39, 0.29) is 5.75 Å². The van der Waals surface area contributed by atoms with Gasteiger partial charge in [-0.1, -0.05) is 24.3 Å². The minimum absolute atomic E-state index is 0.255. The van der Waals surface area contributed by atoms with Gasteiger partial charge in [-0.3, -0.25) is 0 Å². The molecule has 4 aromatic rings. The van der Waals surface area contributed by atoms with Crippen LogP contribution in [0.2, 0.25) is 0 Å². The molecule has 4 rings (SSSR count). The van der Waals surface area contributed by atoms with Crippen LogP contribution in [0.5, 0.6) is 17.2 Å². The number of hydrogen-bond acceptors (Lipinski definition) is 3. The molecule has 0 unspecified atom stereocenters. The normalized spacial score (nSPS) is 10.9. The van der Waals surface area contributed by atoms with E-state index in [2.05, 4.69) is 48.5 Å². The Hall–Kier alpha value is -3.04. The van der Waals surface area contributed by atoms with Gasteiger partial charge in [0.1, 0.15) is 17.2 Å². The number of fused-ring (bicyclic) bond motifs is 1. The molecule has 3 heteroatoms. The zero-order valence-electron chi connectivity index (χ0n) is 15.1. The zero-order chi connectivity index (χ0) is 18.8. The van der Waals surface area contributed by atoms with Crippen LogP contribution in [0.15, 0.2) is 78.0 Å². The van der Waals surface area contributed by atoms with E-state index < -0.39 is 0 Å². The number of aryl methyl sites for hydroxylation is 1. The van der Waals surface area contributed by atoms with E-state index in [9.17, 15) is 5.11 Å². The van der Waals surface area contributed by atoms with Gasteiger partial charge in [-0.15, -0.1) is 6.58 Å². The monoisotopic (exact) mass is 372 g/mol. The predicted molar refractivity (Wildman–Crippen MR) is 114 cm³/mol. The van der Waals surface area contributed by atoms with Crippen LogP contribution in [0.1, 0.15) is 11.1 Å². The van der Waals surface area contributed by atoms with Crippen LogP contribution < -0.4 is 4.74 Å². The Morgan fingerprint density at radius 3 is 2.59 bits per heavy atom. The van der Waals surface area contributed by atoms with Gasteiger partial charge in [0.2, 0.25) is 0 Å². The molecule has 0 aliphatic rings. The standard InChI is InChI=1S/C24H20O2S/c1-3-4-17-5-8-21(9-6-17)26-24-22-10-7-20(25)14-19(22)13-16(2)23(24)18-11-12-27-15-18/h3,5-15,25H,1,4H2,2H3. The smallest absolute Gasteiger partial charge is 0.143 e. The SMILES string of the molecule is C=CCc1ccc(Oc2c(-c3ccsc3)c(C)cc3cc(O)ccc23)cc1. The highest BCUT2D eigenvalue weighted by Gasteiger charge is 2.16. The molecule has 0 saturated carbocycles. The number of aromatic hydroxyl groups is 1. The Balaban J connectivity index is 1.88. The summed E-state index contributed by atoms with van der Waals surface area (Å²) in [7, 11) is 0. The van der Waals surface area contributed by atoms with Crippen molar-refractivity contribution in [2.75, 3.05) is 0 Å². The van der Waals surface area contributed by atoms with Crippen molar-refractivity contribution in [1.82, 2.24) is 0 Å². The number of phenolic OH excluding ortho intramolecular Hbond substituents is 1. The molecular weight excluding hydrogens is 352 g/mol. The van der Waals surface area contributed by atoms with E-state index in [0.717, 1.165) is 45.4 Å². The maximum absolute atomic E-state index is 9.89. The summed E-state index contributed by atoms with van der Waals surface area (Å²) in [5.41, 5.74) is 4.55. The third-order valence-corrected chi connectivity index (χ3v) is 5.29. The Morgan fingerprint density at radius 2 is 1.89 bits per heavy atom. The second-order valence-corrected chi connectivity index (χ2v) is 7.33. The van der Waals surface area contributed by atoms with E-state index in [1.54, 1.807) is 23.5 Å². The summed E-state index contributed by atoms with van der Waals surface area (Å²) in [4.78, 5) is 0. The zero-order valence-corrected chi connectivity index (χ0v) is 15.9. The third-order valence-electron chi connectivity index (χ3n) is 4.61. The molecule has 0 spiro atoms. The summed E-state index contributed by atoms with van der Waals surface area (Å²) >= 11 is 1.67. The average Bonchev–Trinajstić information content (AvgIpc) is 3.17. The van der Waals surface area contributed by atoms with Gasteiger partial charge in [-0.25, -0.2) is 0 Å². The molecule has 1 heterocycles. The molecule has 0 aliphatic carbocycles. The Morgan fingerprint density at radius 1 is 1.07 bits per heavy atom. The lowest BCUT2D eigenvalue weighted by molar-refractivity contribution is 0.475. The number of hydrogen-bond donors (Lipinski definition) is 1. The minimum Gasteiger partial charge on any atom is -0.508 e. The number of allylic oxidation sites excluding steroid dienone is 1. The quantitative estimate of drug-likeness (QED) is 0.378. The first-order valence-corrected chi connectivity index (χ1v) is 9.76. The third kappa shape index (κ3) is 3.46. The largest absolute Gasteiger partial charge is 0.508 e. The van der Waals surface area contributed by atoms with Gasteiger partial charge in [-0.2, -0.15) is 11.3 Å². The maximum atomic E-state index is 9.89. The topological polar surface area (TPSA) is 29.5 Å². The fourth-order valence-electron chi connectivity index (χ4n) is 3.35. The number of benzene rings is 3. The van der Waals surface area contributed by atoms with Crippen LogP contribution >= 0.6 is 11.3 Å². The van der Waals surface area contributed by atoms with Crippen LogP contribution in [0, 0.1) is 6.92 Å². The van der Waals surface area contributed by atoms with E-state index in [0.29, 0.717) is 0 Å². The lowest BCUT2D eigenvalue weighted by Gasteiger charge is -2.17. The lowest BCUT2D eigenvalue weighted by Crippen LogP contribution is -1.93. The van der Waals surface area contributed by atoms with Crippen molar-refractivity contribution in [1.29, 1.82) is 0 Å². The van der Waals surface area contributed by atoms with Gasteiger partial charge < -0.3 is 9.84 Å². The highest BCUT2D eigenvalue weighted by Crippen LogP contribution is 2.43. The molecular formula is C24H20O2S. The summed E-state index contributed by atoms with van der Waals surface area (Å²) in [6.07, 6.45) is 2.73. The fraction of sp³-hybridized carbons (Fsp3) is 0.0833. The first-order valence-electron chi connectivity index (χ1n) is 8.82. The van der Waals surface area contributed by atoms with E-state index in [1.807, 2.05) is 24.3 Å². The highest BCUT2D eigenvalue weighted by atomic mass is 32.1. The van der Waals surface area contributed by atoms with Crippen molar-refractivity contribution in [2.45, 2.75) is 13.3 Å². The van der Waals surface area contributed by atoms with E-state index in [4.69, 9.17) is 4.74 Å². The molecule has 0 bridgehead atoms. The van der Waals surface area contributed by atoms with E-state index in [1.165, 1.54) is 5.56 Å². The summed E-state index contributed by atoms with van der Waals surface area (Å²) in [6.45, 7) is 5.87. The summed E-state index contributed by atoms with van der Waals surface area (Å²) in [5.74, 6) is 1.86. The Kier molecular flexibility index (Phi) is 4.69. The lowest BCUT2D eigenvalue weighted by atomic mass is 9.96. The number of thiophene rings is 1. The molecule has 0 atom stereocenters. The van der Waals surface area contributed by atoms with Gasteiger partial charge in [0, 0.05) is 10.9 Å². The maximum Gasteiger partial charge on any atom is 0.143 e. The number of ether oxygens (including phenoxy) is 1. The predicted octanol–water partition coefficient (Wildman–Crippen LogP) is 7.10. The summed E-state index contributed by atoms with van der Waals surface area (Å²) in [6, 6.07) is 17.7. The molecule has 1 N–H and O–H groups in total. The first kappa shape index (κ1) is 17.4. The number of phenols is 1. The second kappa shape index (κ2) is 7.29. The van der Waals surface area contributed by atoms with Gasteiger partial charge in [0.25, 0.3) is 0 Å². The highest BCUT2D eigenvalue weighted by molar-refractivity contribution is 7.08. The van der Waals surface area contributed by atoms with Crippen LogP contribution in [0.25, 0.3) is 21.9 Å². The molecule has 0 saturated heterocycles. The molecule has 1 aromatic heterocycles. The van der Waals surface area contributed by atoms with Gasteiger partial charge in [0.15, 0.2) is 0 Å². The second-order valence-electron chi connectivity index (χ2n) is 6.55. The van der Waals surface area contributed by atoms with Crippen molar-refractivity contribution in [3.63, 3.8) is 0 Å². The van der Waals surface area contributed by atoms with Gasteiger partial charge >= 0.3 is 0 Å². The van der Waals surface area contributed by atoms with Crippen molar-refractivity contribution >= 4 is 22.1 Å². The van der Waals surface area contributed by atoms with Crippen molar-refractivity contribution in [3.8, 4) is 28.4 Å². The molecule has 2 nitrogen and oxygen atoms in total.